The first-order valence-electron chi connectivity index (χ1n) is 4.98. The molecule has 1 fully saturated rings. The molecule has 0 bridgehead atoms. The first kappa shape index (κ1) is 11.7. The van der Waals surface area contributed by atoms with Crippen LogP contribution in [0.5, 0.6) is 0 Å². The average molecular weight is 170 g/mol. The zero-order valence-electron chi connectivity index (χ0n) is 8.40. The Bertz CT molecular complexity index is 96.0. The van der Waals surface area contributed by atoms with E-state index in [9.17, 15) is 0 Å². The Kier molecular flexibility index (Phi) is 8.51. The molecule has 1 rings (SSSR count). The molecule has 0 saturated carbocycles. The minimum atomic E-state index is 0.673. The molecule has 2 heteroatoms. The molecule has 0 spiro atoms. The molecule has 1 saturated heterocycles. The lowest BCUT2D eigenvalue weighted by Crippen LogP contribution is -2.48. The molecule has 0 aromatic carbocycles. The van der Waals surface area contributed by atoms with Gasteiger partial charge in [0.05, 0.1) is 0 Å². The summed E-state index contributed by atoms with van der Waals surface area (Å²) < 4.78 is 0. The second-order valence-electron chi connectivity index (χ2n) is 2.72. The van der Waals surface area contributed by atoms with Crippen LogP contribution in [0.4, 0.5) is 0 Å². The maximum Gasteiger partial charge on any atom is 0.0195 e. The highest BCUT2D eigenvalue weighted by Gasteiger charge is 2.09. The third-order valence-corrected chi connectivity index (χ3v) is 1.84. The SMILES string of the molecule is C=CCCC1CNCCN1.CC. The van der Waals surface area contributed by atoms with Crippen LogP contribution in [0.1, 0.15) is 26.7 Å². The van der Waals surface area contributed by atoms with E-state index >= 15 is 0 Å². The quantitative estimate of drug-likeness (QED) is 0.628. The van der Waals surface area contributed by atoms with Crippen molar-refractivity contribution in [3.8, 4) is 0 Å². The van der Waals surface area contributed by atoms with Gasteiger partial charge in [-0.3, -0.25) is 0 Å². The van der Waals surface area contributed by atoms with Gasteiger partial charge in [-0.25, -0.2) is 0 Å². The Balaban J connectivity index is 0.000000561. The molecular formula is C10H22N2. The monoisotopic (exact) mass is 170 g/mol. The largest absolute Gasteiger partial charge is 0.314 e. The molecule has 0 amide bonds. The number of rotatable bonds is 3. The standard InChI is InChI=1S/C8H16N2.C2H6/c1-2-3-4-8-7-9-5-6-10-8;1-2/h2,8-10H,1,3-7H2;1-2H3. The van der Waals surface area contributed by atoms with E-state index in [1.807, 2.05) is 19.9 Å². The van der Waals surface area contributed by atoms with E-state index in [-0.39, 0.29) is 0 Å². The number of nitrogens with one attached hydrogen (secondary N) is 2. The summed E-state index contributed by atoms with van der Waals surface area (Å²) in [4.78, 5) is 0. The maximum absolute atomic E-state index is 3.70. The van der Waals surface area contributed by atoms with E-state index in [2.05, 4.69) is 17.2 Å². The lowest BCUT2D eigenvalue weighted by molar-refractivity contribution is 0.401. The van der Waals surface area contributed by atoms with Gasteiger partial charge in [-0.05, 0) is 12.8 Å². The molecule has 1 atom stereocenters. The van der Waals surface area contributed by atoms with Crippen LogP contribution < -0.4 is 10.6 Å². The zero-order valence-corrected chi connectivity index (χ0v) is 8.40. The zero-order chi connectivity index (χ0) is 9.23. The summed E-state index contributed by atoms with van der Waals surface area (Å²) in [7, 11) is 0. The molecule has 12 heavy (non-hydrogen) atoms. The van der Waals surface area contributed by atoms with Gasteiger partial charge in [0.1, 0.15) is 0 Å². The van der Waals surface area contributed by atoms with Crippen molar-refractivity contribution in [3.63, 3.8) is 0 Å². The number of piperazine rings is 1. The molecule has 1 unspecified atom stereocenters. The summed E-state index contributed by atoms with van der Waals surface area (Å²) in [6.45, 7) is 11.0. The molecule has 2 nitrogen and oxygen atoms in total. The molecule has 0 aromatic heterocycles. The van der Waals surface area contributed by atoms with Crippen molar-refractivity contribution in [2.24, 2.45) is 0 Å². The molecule has 1 aliphatic rings. The fourth-order valence-corrected chi connectivity index (χ4v) is 1.24. The molecule has 0 radical (unpaired) electrons. The highest BCUT2D eigenvalue weighted by atomic mass is 15.0. The predicted octanol–water partition coefficient (Wildman–Crippen LogP) is 1.54. The maximum atomic E-state index is 3.70. The molecule has 0 aliphatic carbocycles. The summed E-state index contributed by atoms with van der Waals surface area (Å²) in [6.07, 6.45) is 4.33. The van der Waals surface area contributed by atoms with Crippen LogP contribution in [0.25, 0.3) is 0 Å². The van der Waals surface area contributed by atoms with E-state index < -0.39 is 0 Å². The minimum Gasteiger partial charge on any atom is -0.314 e. The Morgan fingerprint density at radius 1 is 1.42 bits per heavy atom. The molecule has 2 N–H and O–H groups in total. The van der Waals surface area contributed by atoms with Gasteiger partial charge in [-0.1, -0.05) is 19.9 Å². The van der Waals surface area contributed by atoms with Crippen molar-refractivity contribution in [3.05, 3.63) is 12.7 Å². The Morgan fingerprint density at radius 2 is 2.17 bits per heavy atom. The topological polar surface area (TPSA) is 24.1 Å². The fraction of sp³-hybridized carbons (Fsp3) is 0.800. The van der Waals surface area contributed by atoms with Crippen molar-refractivity contribution >= 4 is 0 Å². The van der Waals surface area contributed by atoms with E-state index in [0.717, 1.165) is 26.1 Å². The van der Waals surface area contributed by atoms with Crippen LogP contribution in [-0.4, -0.2) is 25.7 Å². The third-order valence-electron chi connectivity index (χ3n) is 1.84. The lowest BCUT2D eigenvalue weighted by Gasteiger charge is -2.23. The van der Waals surface area contributed by atoms with Crippen molar-refractivity contribution in [2.75, 3.05) is 19.6 Å². The van der Waals surface area contributed by atoms with Crippen molar-refractivity contribution in [1.29, 1.82) is 0 Å². The Morgan fingerprint density at radius 3 is 2.67 bits per heavy atom. The first-order valence-corrected chi connectivity index (χ1v) is 4.98. The van der Waals surface area contributed by atoms with Crippen LogP contribution in [0.2, 0.25) is 0 Å². The fourth-order valence-electron chi connectivity index (χ4n) is 1.24. The van der Waals surface area contributed by atoms with Gasteiger partial charge in [-0.15, -0.1) is 6.58 Å². The van der Waals surface area contributed by atoms with Gasteiger partial charge in [-0.2, -0.15) is 0 Å². The molecule has 0 aromatic rings. The summed E-state index contributed by atoms with van der Waals surface area (Å²) in [6, 6.07) is 0.673. The average Bonchev–Trinajstić information content (AvgIpc) is 2.19. The Labute approximate surface area is 76.4 Å². The van der Waals surface area contributed by atoms with Crippen LogP contribution in [0, 0.1) is 0 Å². The summed E-state index contributed by atoms with van der Waals surface area (Å²) in [5.74, 6) is 0. The second kappa shape index (κ2) is 8.75. The summed E-state index contributed by atoms with van der Waals surface area (Å²) in [5, 5.41) is 6.79. The van der Waals surface area contributed by atoms with Crippen LogP contribution >= 0.6 is 0 Å². The smallest absolute Gasteiger partial charge is 0.0195 e. The number of hydrogen-bond acceptors (Lipinski definition) is 2. The lowest BCUT2D eigenvalue weighted by atomic mass is 10.1. The van der Waals surface area contributed by atoms with E-state index in [4.69, 9.17) is 0 Å². The molecule has 1 aliphatic heterocycles. The van der Waals surface area contributed by atoms with Crippen LogP contribution in [0.15, 0.2) is 12.7 Å². The van der Waals surface area contributed by atoms with E-state index in [1.165, 1.54) is 6.42 Å². The van der Waals surface area contributed by atoms with Gasteiger partial charge < -0.3 is 10.6 Å². The second-order valence-corrected chi connectivity index (χ2v) is 2.72. The third kappa shape index (κ3) is 5.33. The van der Waals surface area contributed by atoms with Crippen LogP contribution in [0.3, 0.4) is 0 Å². The molecule has 1 heterocycles. The van der Waals surface area contributed by atoms with Gasteiger partial charge in [0, 0.05) is 25.7 Å². The highest BCUT2D eigenvalue weighted by molar-refractivity contribution is 4.78. The molecular weight excluding hydrogens is 148 g/mol. The van der Waals surface area contributed by atoms with Gasteiger partial charge >= 0.3 is 0 Å². The van der Waals surface area contributed by atoms with Crippen LogP contribution in [-0.2, 0) is 0 Å². The number of hydrogen-bond donors (Lipinski definition) is 2. The van der Waals surface area contributed by atoms with Crippen molar-refractivity contribution < 1.29 is 0 Å². The normalized spacial score (nSPS) is 22.3. The minimum absolute atomic E-state index is 0.673. The number of allylic oxidation sites excluding steroid dienone is 1. The van der Waals surface area contributed by atoms with Gasteiger partial charge in [0.15, 0.2) is 0 Å². The molecule has 72 valence electrons. The Hall–Kier alpha value is -0.340. The van der Waals surface area contributed by atoms with E-state index in [0.29, 0.717) is 6.04 Å². The van der Waals surface area contributed by atoms with Crippen molar-refractivity contribution in [2.45, 2.75) is 32.7 Å². The highest BCUT2D eigenvalue weighted by Crippen LogP contribution is 1.98. The summed E-state index contributed by atoms with van der Waals surface area (Å²) >= 11 is 0. The first-order chi connectivity index (χ1) is 5.93. The van der Waals surface area contributed by atoms with Gasteiger partial charge in [0.2, 0.25) is 0 Å². The van der Waals surface area contributed by atoms with E-state index in [1.54, 1.807) is 0 Å². The predicted molar refractivity (Wildman–Crippen MR) is 55.4 cm³/mol. The van der Waals surface area contributed by atoms with Gasteiger partial charge in [0.25, 0.3) is 0 Å². The summed E-state index contributed by atoms with van der Waals surface area (Å²) in [5.41, 5.74) is 0. The van der Waals surface area contributed by atoms with Crippen molar-refractivity contribution in [1.82, 2.24) is 10.6 Å².